The van der Waals surface area contributed by atoms with E-state index in [-0.39, 0.29) is 6.10 Å². The fourth-order valence-electron chi connectivity index (χ4n) is 1.86. The predicted octanol–water partition coefficient (Wildman–Crippen LogP) is 2.62. The number of aryl methyl sites for hydroxylation is 2. The van der Waals surface area contributed by atoms with Crippen LogP contribution < -0.4 is 5.32 Å². The van der Waals surface area contributed by atoms with Crippen molar-refractivity contribution in [2.75, 3.05) is 27.4 Å². The van der Waals surface area contributed by atoms with Gasteiger partial charge in [-0.15, -0.1) is 0 Å². The van der Waals surface area contributed by atoms with Gasteiger partial charge < -0.3 is 14.8 Å². The Morgan fingerprint density at radius 2 is 1.89 bits per heavy atom. The summed E-state index contributed by atoms with van der Waals surface area (Å²) in [6, 6.07) is 6.91. The first-order valence-electron chi connectivity index (χ1n) is 6.40. The first-order valence-corrected chi connectivity index (χ1v) is 6.40. The molecule has 2 unspecified atom stereocenters. The number of hydrogen-bond donors (Lipinski definition) is 1. The van der Waals surface area contributed by atoms with Crippen molar-refractivity contribution in [2.45, 2.75) is 32.9 Å². The van der Waals surface area contributed by atoms with Crippen LogP contribution in [0.25, 0.3) is 0 Å². The molecule has 1 aromatic carbocycles. The van der Waals surface area contributed by atoms with Crippen LogP contribution in [0.15, 0.2) is 18.2 Å². The Morgan fingerprint density at radius 3 is 2.44 bits per heavy atom. The zero-order valence-corrected chi connectivity index (χ0v) is 12.1. The molecule has 3 heteroatoms. The molecule has 0 aliphatic carbocycles. The van der Waals surface area contributed by atoms with E-state index >= 15 is 0 Å². The number of benzene rings is 1. The molecule has 1 N–H and O–H groups in total. The molecule has 0 aliphatic heterocycles. The molecule has 0 amide bonds. The molecular weight excluding hydrogens is 226 g/mol. The quantitative estimate of drug-likeness (QED) is 0.808. The topological polar surface area (TPSA) is 30.5 Å². The third-order valence-corrected chi connectivity index (χ3v) is 3.37. The molecule has 0 aliphatic rings. The van der Waals surface area contributed by atoms with Crippen LogP contribution >= 0.6 is 0 Å². The van der Waals surface area contributed by atoms with Crippen molar-refractivity contribution >= 4 is 0 Å². The van der Waals surface area contributed by atoms with Gasteiger partial charge in [0.15, 0.2) is 0 Å². The highest BCUT2D eigenvalue weighted by Gasteiger charge is 2.10. The first kappa shape index (κ1) is 15.2. The van der Waals surface area contributed by atoms with E-state index in [1.54, 1.807) is 14.2 Å². The van der Waals surface area contributed by atoms with Crippen LogP contribution in [0, 0.1) is 13.8 Å². The monoisotopic (exact) mass is 251 g/mol. The molecule has 0 fully saturated rings. The van der Waals surface area contributed by atoms with Crippen LogP contribution in [0.2, 0.25) is 0 Å². The van der Waals surface area contributed by atoms with Crippen LogP contribution in [-0.4, -0.2) is 33.5 Å². The summed E-state index contributed by atoms with van der Waals surface area (Å²) in [5.41, 5.74) is 3.98. The molecule has 0 heterocycles. The Balaban J connectivity index is 2.53. The maximum Gasteiger partial charge on any atom is 0.0928 e. The molecule has 0 saturated carbocycles. The minimum absolute atomic E-state index is 0.101. The highest BCUT2D eigenvalue weighted by molar-refractivity contribution is 5.31. The molecule has 3 nitrogen and oxygen atoms in total. The lowest BCUT2D eigenvalue weighted by Crippen LogP contribution is -2.33. The Labute approximate surface area is 110 Å². The van der Waals surface area contributed by atoms with E-state index in [0.29, 0.717) is 12.6 Å². The summed E-state index contributed by atoms with van der Waals surface area (Å²) in [5.74, 6) is 0. The molecule has 0 aromatic heterocycles. The minimum atomic E-state index is 0.101. The van der Waals surface area contributed by atoms with E-state index < -0.39 is 0 Å². The van der Waals surface area contributed by atoms with E-state index in [4.69, 9.17) is 9.47 Å². The van der Waals surface area contributed by atoms with Crippen LogP contribution in [0.1, 0.15) is 29.7 Å². The fraction of sp³-hybridized carbons (Fsp3) is 0.600. The molecular formula is C15H25NO2. The van der Waals surface area contributed by atoms with Gasteiger partial charge in [0, 0.05) is 26.8 Å². The average molecular weight is 251 g/mol. The summed E-state index contributed by atoms with van der Waals surface area (Å²) in [4.78, 5) is 0. The Kier molecular flexibility index (Phi) is 6.33. The molecule has 2 atom stereocenters. The van der Waals surface area contributed by atoms with Crippen molar-refractivity contribution in [1.82, 2.24) is 5.32 Å². The van der Waals surface area contributed by atoms with Crippen molar-refractivity contribution in [2.24, 2.45) is 0 Å². The van der Waals surface area contributed by atoms with Gasteiger partial charge in [-0.05, 0) is 37.5 Å². The third-order valence-electron chi connectivity index (χ3n) is 3.37. The van der Waals surface area contributed by atoms with Gasteiger partial charge in [0.2, 0.25) is 0 Å². The standard InChI is InChI=1S/C15H25NO2/c1-11-6-7-14(8-12(11)2)13(3)16-9-15(18-5)10-17-4/h6-8,13,15-16H,9-10H2,1-5H3. The number of nitrogens with one attached hydrogen (secondary N) is 1. The lowest BCUT2D eigenvalue weighted by Gasteiger charge is -2.20. The molecule has 0 bridgehead atoms. The number of rotatable bonds is 7. The third kappa shape index (κ3) is 4.41. The highest BCUT2D eigenvalue weighted by atomic mass is 16.5. The Hall–Kier alpha value is -0.900. The summed E-state index contributed by atoms with van der Waals surface area (Å²) < 4.78 is 10.4. The largest absolute Gasteiger partial charge is 0.382 e. The average Bonchev–Trinajstić information content (AvgIpc) is 2.37. The molecule has 0 radical (unpaired) electrons. The summed E-state index contributed by atoms with van der Waals surface area (Å²) in [5, 5.41) is 3.48. The van der Waals surface area contributed by atoms with Crippen molar-refractivity contribution in [3.8, 4) is 0 Å². The van der Waals surface area contributed by atoms with E-state index in [0.717, 1.165) is 6.54 Å². The van der Waals surface area contributed by atoms with Crippen LogP contribution in [0.3, 0.4) is 0 Å². The molecule has 18 heavy (non-hydrogen) atoms. The van der Waals surface area contributed by atoms with Gasteiger partial charge >= 0.3 is 0 Å². The highest BCUT2D eigenvalue weighted by Crippen LogP contribution is 2.16. The molecule has 0 saturated heterocycles. The summed E-state index contributed by atoms with van der Waals surface area (Å²) in [6.45, 7) is 7.86. The van der Waals surface area contributed by atoms with Gasteiger partial charge in [-0.3, -0.25) is 0 Å². The summed E-state index contributed by atoms with van der Waals surface area (Å²) in [6.07, 6.45) is 0.101. The van der Waals surface area contributed by atoms with Crippen LogP contribution in [0.5, 0.6) is 0 Å². The summed E-state index contributed by atoms with van der Waals surface area (Å²) >= 11 is 0. The predicted molar refractivity (Wildman–Crippen MR) is 75.0 cm³/mol. The number of hydrogen-bond acceptors (Lipinski definition) is 3. The van der Waals surface area contributed by atoms with Crippen molar-refractivity contribution < 1.29 is 9.47 Å². The second kappa shape index (κ2) is 7.52. The van der Waals surface area contributed by atoms with Gasteiger partial charge in [-0.2, -0.15) is 0 Å². The van der Waals surface area contributed by atoms with Crippen molar-refractivity contribution in [3.05, 3.63) is 34.9 Å². The minimum Gasteiger partial charge on any atom is -0.382 e. The van der Waals surface area contributed by atoms with Crippen LogP contribution in [0.4, 0.5) is 0 Å². The van der Waals surface area contributed by atoms with Gasteiger partial charge in [0.25, 0.3) is 0 Å². The van der Waals surface area contributed by atoms with Gasteiger partial charge in [-0.1, -0.05) is 18.2 Å². The van der Waals surface area contributed by atoms with E-state index in [2.05, 4.69) is 44.3 Å². The first-order chi connectivity index (χ1) is 8.58. The van der Waals surface area contributed by atoms with Crippen molar-refractivity contribution in [1.29, 1.82) is 0 Å². The lowest BCUT2D eigenvalue weighted by atomic mass is 10.0. The smallest absolute Gasteiger partial charge is 0.0928 e. The second-order valence-corrected chi connectivity index (χ2v) is 4.79. The second-order valence-electron chi connectivity index (χ2n) is 4.79. The zero-order valence-electron chi connectivity index (χ0n) is 12.1. The molecule has 102 valence electrons. The molecule has 0 spiro atoms. The van der Waals surface area contributed by atoms with E-state index in [1.807, 2.05) is 0 Å². The van der Waals surface area contributed by atoms with E-state index in [1.165, 1.54) is 16.7 Å². The van der Waals surface area contributed by atoms with Gasteiger partial charge in [-0.25, -0.2) is 0 Å². The van der Waals surface area contributed by atoms with Gasteiger partial charge in [0.1, 0.15) is 0 Å². The van der Waals surface area contributed by atoms with Crippen LogP contribution in [-0.2, 0) is 9.47 Å². The van der Waals surface area contributed by atoms with E-state index in [9.17, 15) is 0 Å². The molecule has 1 aromatic rings. The maximum atomic E-state index is 5.33. The van der Waals surface area contributed by atoms with Crippen molar-refractivity contribution in [3.63, 3.8) is 0 Å². The Bertz CT molecular complexity index is 366. The lowest BCUT2D eigenvalue weighted by molar-refractivity contribution is 0.0276. The fourth-order valence-corrected chi connectivity index (χ4v) is 1.86. The maximum absolute atomic E-state index is 5.33. The number of ether oxygens (including phenoxy) is 2. The molecule has 1 rings (SSSR count). The zero-order chi connectivity index (χ0) is 13.5. The Morgan fingerprint density at radius 1 is 1.17 bits per heavy atom. The summed E-state index contributed by atoms with van der Waals surface area (Å²) in [7, 11) is 3.41. The SMILES string of the molecule is COCC(CNC(C)c1ccc(C)c(C)c1)OC. The normalized spacial score (nSPS) is 14.5. The number of methoxy groups -OCH3 is 2. The van der Waals surface area contributed by atoms with Gasteiger partial charge in [0.05, 0.1) is 12.7 Å².